The van der Waals surface area contributed by atoms with Crippen molar-refractivity contribution in [1.29, 1.82) is 0 Å². The van der Waals surface area contributed by atoms with Crippen LogP contribution in [0.25, 0.3) is 5.69 Å². The molecule has 0 fully saturated rings. The Kier molecular flexibility index (Phi) is 3.01. The van der Waals surface area contributed by atoms with Crippen molar-refractivity contribution >= 4 is 17.2 Å². The first-order valence-electron chi connectivity index (χ1n) is 5.52. The second-order valence-corrected chi connectivity index (χ2v) is 4.33. The molecule has 0 unspecified atom stereocenters. The summed E-state index contributed by atoms with van der Waals surface area (Å²) < 4.78 is 5.68. The van der Waals surface area contributed by atoms with Crippen LogP contribution in [0, 0.1) is 0 Å². The van der Waals surface area contributed by atoms with E-state index in [1.807, 2.05) is 46.6 Å². The SMILES string of the molecule is c1ccc(-n2cccn2)c(NCc2csnn2)c1. The van der Waals surface area contributed by atoms with Gasteiger partial charge in [-0.3, -0.25) is 0 Å². The van der Waals surface area contributed by atoms with Crippen LogP contribution < -0.4 is 5.32 Å². The van der Waals surface area contributed by atoms with Crippen LogP contribution in [0.3, 0.4) is 0 Å². The molecule has 3 rings (SSSR count). The molecule has 0 spiro atoms. The first kappa shape index (κ1) is 10.9. The summed E-state index contributed by atoms with van der Waals surface area (Å²) in [5, 5.41) is 13.5. The molecule has 0 atom stereocenters. The van der Waals surface area contributed by atoms with Gasteiger partial charge in [-0.25, -0.2) is 4.68 Å². The molecule has 0 aliphatic heterocycles. The zero-order valence-electron chi connectivity index (χ0n) is 9.52. The van der Waals surface area contributed by atoms with Gasteiger partial charge in [0.2, 0.25) is 0 Å². The van der Waals surface area contributed by atoms with E-state index >= 15 is 0 Å². The van der Waals surface area contributed by atoms with Crippen LogP contribution in [0.1, 0.15) is 5.69 Å². The van der Waals surface area contributed by atoms with Gasteiger partial charge in [0.1, 0.15) is 0 Å². The second kappa shape index (κ2) is 4.97. The summed E-state index contributed by atoms with van der Waals surface area (Å²) in [6.07, 6.45) is 3.69. The van der Waals surface area contributed by atoms with E-state index in [0.29, 0.717) is 6.54 Å². The molecule has 5 nitrogen and oxygen atoms in total. The van der Waals surface area contributed by atoms with Gasteiger partial charge in [0.15, 0.2) is 0 Å². The predicted molar refractivity (Wildman–Crippen MR) is 70.8 cm³/mol. The lowest BCUT2D eigenvalue weighted by molar-refractivity contribution is 0.878. The van der Waals surface area contributed by atoms with Gasteiger partial charge in [-0.15, -0.1) is 5.10 Å². The molecule has 2 aromatic heterocycles. The quantitative estimate of drug-likeness (QED) is 0.779. The summed E-state index contributed by atoms with van der Waals surface area (Å²) in [6, 6.07) is 9.94. The van der Waals surface area contributed by atoms with Gasteiger partial charge in [0.25, 0.3) is 0 Å². The van der Waals surface area contributed by atoms with Gasteiger partial charge in [0.05, 0.1) is 23.6 Å². The maximum absolute atomic E-state index is 4.24. The molecule has 1 N–H and O–H groups in total. The number of hydrogen-bond acceptors (Lipinski definition) is 5. The van der Waals surface area contributed by atoms with Crippen LogP contribution >= 0.6 is 11.5 Å². The van der Waals surface area contributed by atoms with Crippen LogP contribution in [0.4, 0.5) is 5.69 Å². The topological polar surface area (TPSA) is 55.6 Å². The number of aromatic nitrogens is 4. The van der Waals surface area contributed by atoms with Gasteiger partial charge in [-0.05, 0) is 29.7 Å². The highest BCUT2D eigenvalue weighted by molar-refractivity contribution is 7.03. The van der Waals surface area contributed by atoms with Gasteiger partial charge in [-0.1, -0.05) is 16.6 Å². The first-order valence-corrected chi connectivity index (χ1v) is 6.36. The Labute approximate surface area is 108 Å². The lowest BCUT2D eigenvalue weighted by Crippen LogP contribution is -2.05. The summed E-state index contributed by atoms with van der Waals surface area (Å²) in [5.74, 6) is 0. The van der Waals surface area contributed by atoms with Gasteiger partial charge in [0, 0.05) is 17.8 Å². The molecule has 0 saturated heterocycles. The van der Waals surface area contributed by atoms with Crippen molar-refractivity contribution in [2.75, 3.05) is 5.32 Å². The lowest BCUT2D eigenvalue weighted by atomic mass is 10.2. The van der Waals surface area contributed by atoms with E-state index in [0.717, 1.165) is 17.1 Å². The van der Waals surface area contributed by atoms with E-state index in [1.165, 1.54) is 11.5 Å². The van der Waals surface area contributed by atoms with Crippen LogP contribution in [0.5, 0.6) is 0 Å². The fourth-order valence-electron chi connectivity index (χ4n) is 1.68. The van der Waals surface area contributed by atoms with E-state index in [9.17, 15) is 0 Å². The summed E-state index contributed by atoms with van der Waals surface area (Å²) in [6.45, 7) is 0.661. The summed E-state index contributed by atoms with van der Waals surface area (Å²) in [4.78, 5) is 0. The number of para-hydroxylation sites is 2. The smallest absolute Gasteiger partial charge is 0.0946 e. The normalized spacial score (nSPS) is 10.4. The Balaban J connectivity index is 1.84. The number of nitrogens with one attached hydrogen (secondary N) is 1. The van der Waals surface area contributed by atoms with E-state index in [1.54, 1.807) is 6.20 Å². The number of rotatable bonds is 4. The van der Waals surface area contributed by atoms with Crippen molar-refractivity contribution in [3.63, 3.8) is 0 Å². The third kappa shape index (κ3) is 2.23. The van der Waals surface area contributed by atoms with E-state index in [2.05, 4.69) is 20.0 Å². The van der Waals surface area contributed by atoms with E-state index in [-0.39, 0.29) is 0 Å². The number of hydrogen-bond donors (Lipinski definition) is 1. The minimum absolute atomic E-state index is 0.661. The largest absolute Gasteiger partial charge is 0.378 e. The predicted octanol–water partition coefficient (Wildman–Crippen LogP) is 2.34. The Morgan fingerprint density at radius 3 is 2.94 bits per heavy atom. The van der Waals surface area contributed by atoms with E-state index < -0.39 is 0 Å². The highest BCUT2D eigenvalue weighted by atomic mass is 32.1. The zero-order valence-corrected chi connectivity index (χ0v) is 10.3. The third-order valence-corrected chi connectivity index (χ3v) is 3.07. The number of nitrogens with zero attached hydrogens (tertiary/aromatic N) is 4. The van der Waals surface area contributed by atoms with Crippen LogP contribution in [0.15, 0.2) is 48.1 Å². The molecule has 2 heterocycles. The summed E-state index contributed by atoms with van der Waals surface area (Å²) in [5.41, 5.74) is 2.98. The Morgan fingerprint density at radius 2 is 2.17 bits per heavy atom. The molecule has 1 aromatic carbocycles. The highest BCUT2D eigenvalue weighted by Crippen LogP contribution is 2.19. The van der Waals surface area contributed by atoms with Crippen LogP contribution in [0.2, 0.25) is 0 Å². The van der Waals surface area contributed by atoms with Gasteiger partial charge < -0.3 is 5.32 Å². The zero-order chi connectivity index (χ0) is 12.2. The van der Waals surface area contributed by atoms with Crippen LogP contribution in [-0.2, 0) is 6.54 Å². The molecule has 0 aliphatic carbocycles. The van der Waals surface area contributed by atoms with Gasteiger partial charge >= 0.3 is 0 Å². The molecular formula is C12H11N5S. The van der Waals surface area contributed by atoms with Crippen LogP contribution in [-0.4, -0.2) is 19.4 Å². The van der Waals surface area contributed by atoms with E-state index in [4.69, 9.17) is 0 Å². The molecule has 0 amide bonds. The average molecular weight is 257 g/mol. The number of benzene rings is 1. The number of anilines is 1. The fourth-order valence-corrected chi connectivity index (χ4v) is 2.13. The molecule has 0 bridgehead atoms. The maximum Gasteiger partial charge on any atom is 0.0946 e. The Morgan fingerprint density at radius 1 is 1.22 bits per heavy atom. The molecule has 0 saturated carbocycles. The van der Waals surface area contributed by atoms with Gasteiger partial charge in [-0.2, -0.15) is 5.10 Å². The Hall–Kier alpha value is -2.21. The van der Waals surface area contributed by atoms with Crippen molar-refractivity contribution in [2.24, 2.45) is 0 Å². The van der Waals surface area contributed by atoms with Crippen molar-refractivity contribution in [1.82, 2.24) is 19.4 Å². The van der Waals surface area contributed by atoms with Crippen molar-refractivity contribution < 1.29 is 0 Å². The minimum Gasteiger partial charge on any atom is -0.378 e. The fraction of sp³-hybridized carbons (Fsp3) is 0.0833. The Bertz CT molecular complexity index is 603. The van der Waals surface area contributed by atoms with Crippen molar-refractivity contribution in [3.05, 3.63) is 53.8 Å². The van der Waals surface area contributed by atoms with Crippen molar-refractivity contribution in [3.8, 4) is 5.69 Å². The highest BCUT2D eigenvalue weighted by Gasteiger charge is 2.04. The molecule has 18 heavy (non-hydrogen) atoms. The summed E-state index contributed by atoms with van der Waals surface area (Å²) >= 11 is 1.36. The molecule has 0 aliphatic rings. The summed E-state index contributed by atoms with van der Waals surface area (Å²) in [7, 11) is 0. The maximum atomic E-state index is 4.24. The molecule has 0 radical (unpaired) electrons. The molecule has 3 aromatic rings. The third-order valence-electron chi connectivity index (χ3n) is 2.52. The molecular weight excluding hydrogens is 246 g/mol. The minimum atomic E-state index is 0.661. The first-order chi connectivity index (χ1) is 8.93. The molecule has 90 valence electrons. The second-order valence-electron chi connectivity index (χ2n) is 3.72. The molecule has 6 heteroatoms. The lowest BCUT2D eigenvalue weighted by Gasteiger charge is -2.10. The van der Waals surface area contributed by atoms with Crippen molar-refractivity contribution in [2.45, 2.75) is 6.54 Å². The monoisotopic (exact) mass is 257 g/mol. The standard InChI is InChI=1S/C12H11N5S/c1-2-5-12(17-7-3-6-14-17)11(4-1)13-8-10-9-18-16-15-10/h1-7,9,13H,8H2. The average Bonchev–Trinajstić information content (AvgIpc) is 3.10.